The first-order valence-electron chi connectivity index (χ1n) is 16.4. The van der Waals surface area contributed by atoms with Crippen molar-refractivity contribution in [3.05, 3.63) is 136 Å². The number of aromatic nitrogens is 4. The number of ketones is 2. The first-order chi connectivity index (χ1) is 28.6. The summed E-state index contributed by atoms with van der Waals surface area (Å²) in [5.41, 5.74) is 15.9. The number of nitrogen functional groups attached to an aromatic ring is 3. The standard InChI is InChI=1S/C18H15F2N5O4S.C12H8ClF2N3O2.C6H8N2O2S.CH4/c1-29-13-7-6-12(19)15(20)14(13)16(26)11-8-23-18(25-17(11)21)24-9-2-4-10(5-3-9)30(22,27)28;1-20-7-3-2-6(14)9(15)8(7)10(19)5-4-17-12(13)18-11(5)16;7-5-1-3-6(4-2-5)11(8,9)10;/h2-8H,1H3,(H2,22,27,28)(H3,21,23,24,25);2-4H,1H3,(H2,16,17,18);1-4H,7H2,(H2,8,9,10);1H4. The van der Waals surface area contributed by atoms with Crippen molar-refractivity contribution in [2.45, 2.75) is 17.2 Å². The Labute approximate surface area is 356 Å². The Morgan fingerprint density at radius 1 is 0.629 bits per heavy atom. The van der Waals surface area contributed by atoms with Crippen LogP contribution < -0.4 is 42.3 Å². The maximum atomic E-state index is 14.2. The summed E-state index contributed by atoms with van der Waals surface area (Å²) < 4.78 is 109. The average Bonchev–Trinajstić information content (AvgIpc) is 3.19. The summed E-state index contributed by atoms with van der Waals surface area (Å²) in [7, 11) is -4.98. The van der Waals surface area contributed by atoms with Gasteiger partial charge in [-0.1, -0.05) is 7.43 Å². The van der Waals surface area contributed by atoms with Crippen molar-refractivity contribution in [1.29, 1.82) is 0 Å². The zero-order chi connectivity index (χ0) is 45.4. The molecule has 0 spiro atoms. The lowest BCUT2D eigenvalue weighted by Crippen LogP contribution is -2.13. The van der Waals surface area contributed by atoms with E-state index in [9.17, 15) is 44.0 Å². The number of methoxy groups -OCH3 is 2. The summed E-state index contributed by atoms with van der Waals surface area (Å²) in [5, 5.41) is 12.5. The van der Waals surface area contributed by atoms with Gasteiger partial charge in [0, 0.05) is 23.8 Å². The molecular formula is C37H35ClF4N10O8S2. The number of ether oxygens (including phenoxy) is 2. The molecular weight excluding hydrogens is 888 g/mol. The van der Waals surface area contributed by atoms with Crippen molar-refractivity contribution in [1.82, 2.24) is 19.9 Å². The summed E-state index contributed by atoms with van der Waals surface area (Å²) in [6, 6.07) is 15.0. The van der Waals surface area contributed by atoms with E-state index in [2.05, 4.69) is 25.3 Å². The summed E-state index contributed by atoms with van der Waals surface area (Å²) in [6.45, 7) is 0. The van der Waals surface area contributed by atoms with Gasteiger partial charge in [-0.05, 0) is 84.4 Å². The minimum atomic E-state index is -3.84. The van der Waals surface area contributed by atoms with Gasteiger partial charge in [-0.2, -0.15) is 4.98 Å². The fraction of sp³-hybridized carbons (Fsp3) is 0.0811. The molecule has 6 rings (SSSR count). The molecule has 0 bridgehead atoms. The molecule has 0 amide bonds. The second kappa shape index (κ2) is 20.5. The van der Waals surface area contributed by atoms with Gasteiger partial charge in [0.1, 0.15) is 34.3 Å². The van der Waals surface area contributed by atoms with E-state index in [1.165, 1.54) is 62.8 Å². The van der Waals surface area contributed by atoms with Gasteiger partial charge in [-0.3, -0.25) is 9.59 Å². The topological polar surface area (TPSA) is 315 Å². The van der Waals surface area contributed by atoms with Gasteiger partial charge in [0.05, 0.1) is 35.1 Å². The number of hydrogen-bond acceptors (Lipinski definition) is 16. The SMILES string of the molecule is C.COc1ccc(F)c(F)c1C(=O)c1cnc(Cl)nc1N.COc1ccc(F)c(F)c1C(=O)c1cnc(Nc2ccc(S(N)(=O)=O)cc2)nc1N.Nc1ccc(S(N)(=O)=O)cc1. The minimum Gasteiger partial charge on any atom is -0.496 e. The monoisotopic (exact) mass is 922 g/mol. The van der Waals surface area contributed by atoms with Crippen molar-refractivity contribution in [3.8, 4) is 11.5 Å². The highest BCUT2D eigenvalue weighted by Gasteiger charge is 2.26. The highest BCUT2D eigenvalue weighted by molar-refractivity contribution is 7.89. The minimum absolute atomic E-state index is 0. The van der Waals surface area contributed by atoms with Crippen LogP contribution in [0.2, 0.25) is 5.28 Å². The molecule has 2 aromatic heterocycles. The quantitative estimate of drug-likeness (QED) is 0.0467. The lowest BCUT2D eigenvalue weighted by molar-refractivity contribution is 0.102. The Bertz CT molecular complexity index is 2850. The van der Waals surface area contributed by atoms with E-state index in [1.54, 1.807) is 0 Å². The number of anilines is 5. The van der Waals surface area contributed by atoms with Crippen molar-refractivity contribution >= 4 is 72.2 Å². The smallest absolute Gasteiger partial charge is 0.238 e. The number of carbonyl (C=O) groups excluding carboxylic acids is 2. The number of nitrogens with one attached hydrogen (secondary N) is 1. The molecule has 0 fully saturated rings. The molecule has 328 valence electrons. The Hall–Kier alpha value is -6.99. The largest absolute Gasteiger partial charge is 0.496 e. The molecule has 6 aromatic rings. The molecule has 62 heavy (non-hydrogen) atoms. The molecule has 18 nitrogen and oxygen atoms in total. The Balaban J connectivity index is 0.000000275. The van der Waals surface area contributed by atoms with Crippen molar-refractivity contribution in [2.24, 2.45) is 10.3 Å². The van der Waals surface area contributed by atoms with E-state index in [4.69, 9.17) is 48.6 Å². The third-order valence-corrected chi connectivity index (χ3v) is 9.79. The Morgan fingerprint density at radius 3 is 1.42 bits per heavy atom. The van der Waals surface area contributed by atoms with Gasteiger partial charge >= 0.3 is 0 Å². The van der Waals surface area contributed by atoms with Crippen molar-refractivity contribution in [3.63, 3.8) is 0 Å². The van der Waals surface area contributed by atoms with Crippen LogP contribution in [0.5, 0.6) is 11.5 Å². The molecule has 0 radical (unpaired) electrons. The van der Waals surface area contributed by atoms with Gasteiger partial charge in [0.15, 0.2) is 23.3 Å². The molecule has 0 aliphatic rings. The average molecular weight is 923 g/mol. The van der Waals surface area contributed by atoms with Crippen LogP contribution in [0.25, 0.3) is 0 Å². The number of nitrogens with two attached hydrogens (primary N) is 5. The highest BCUT2D eigenvalue weighted by atomic mass is 35.5. The lowest BCUT2D eigenvalue weighted by Gasteiger charge is -2.11. The van der Waals surface area contributed by atoms with E-state index in [0.717, 1.165) is 36.7 Å². The maximum absolute atomic E-state index is 14.2. The summed E-state index contributed by atoms with van der Waals surface area (Å²) >= 11 is 5.51. The predicted octanol–water partition coefficient (Wildman–Crippen LogP) is 4.75. The zero-order valence-corrected chi connectivity index (χ0v) is 33.6. The van der Waals surface area contributed by atoms with Gasteiger partial charge in [-0.25, -0.2) is 59.6 Å². The number of hydrogen-bond donors (Lipinski definition) is 6. The van der Waals surface area contributed by atoms with Crippen LogP contribution >= 0.6 is 11.6 Å². The second-order valence-corrected chi connectivity index (χ2v) is 15.2. The number of rotatable bonds is 10. The van der Waals surface area contributed by atoms with Gasteiger partial charge < -0.3 is 32.0 Å². The van der Waals surface area contributed by atoms with Crippen molar-refractivity contribution in [2.75, 3.05) is 36.7 Å². The van der Waals surface area contributed by atoms with E-state index in [1.807, 2.05) is 0 Å². The first kappa shape index (κ1) is 49.4. The number of carbonyl (C=O) groups is 2. The molecule has 0 saturated heterocycles. The normalized spacial score (nSPS) is 10.8. The van der Waals surface area contributed by atoms with Gasteiger partial charge in [-0.15, -0.1) is 0 Å². The fourth-order valence-electron chi connectivity index (χ4n) is 4.79. The van der Waals surface area contributed by atoms with E-state index >= 15 is 0 Å². The predicted molar refractivity (Wildman–Crippen MR) is 221 cm³/mol. The number of nitrogens with zero attached hydrogens (tertiary/aromatic N) is 4. The summed E-state index contributed by atoms with van der Waals surface area (Å²) in [4.78, 5) is 40.0. The van der Waals surface area contributed by atoms with E-state index < -0.39 is 66.0 Å². The number of benzene rings is 4. The third-order valence-electron chi connectivity index (χ3n) is 7.75. The van der Waals surface area contributed by atoms with Crippen LogP contribution in [-0.4, -0.2) is 62.6 Å². The van der Waals surface area contributed by atoms with Crippen LogP contribution in [0.3, 0.4) is 0 Å². The Kier molecular flexibility index (Phi) is 16.3. The molecule has 0 unspecified atom stereocenters. The lowest BCUT2D eigenvalue weighted by atomic mass is 10.0. The van der Waals surface area contributed by atoms with Crippen LogP contribution in [0.1, 0.15) is 39.3 Å². The number of sulfonamides is 2. The zero-order valence-electron chi connectivity index (χ0n) is 31.2. The molecule has 11 N–H and O–H groups in total. The molecule has 2 heterocycles. The van der Waals surface area contributed by atoms with Crippen LogP contribution in [0.15, 0.2) is 95.0 Å². The summed E-state index contributed by atoms with van der Waals surface area (Å²) in [5.74, 6) is -7.79. The molecule has 4 aromatic carbocycles. The number of primary sulfonamides is 2. The van der Waals surface area contributed by atoms with Crippen LogP contribution in [-0.2, 0) is 20.0 Å². The van der Waals surface area contributed by atoms with E-state index in [0.29, 0.717) is 11.4 Å². The van der Waals surface area contributed by atoms with Crippen molar-refractivity contribution < 1.29 is 53.5 Å². The molecule has 0 saturated carbocycles. The molecule has 0 aliphatic carbocycles. The third kappa shape index (κ3) is 12.1. The highest BCUT2D eigenvalue weighted by Crippen LogP contribution is 2.29. The second-order valence-electron chi connectivity index (χ2n) is 11.8. The molecule has 25 heteroatoms. The summed E-state index contributed by atoms with van der Waals surface area (Å²) in [6.07, 6.45) is 2.09. The van der Waals surface area contributed by atoms with Gasteiger partial charge in [0.2, 0.25) is 42.8 Å². The van der Waals surface area contributed by atoms with Gasteiger partial charge in [0.25, 0.3) is 0 Å². The molecule has 0 aliphatic heterocycles. The number of halogens is 5. The fourth-order valence-corrected chi connectivity index (χ4v) is 5.96. The molecule has 0 atom stereocenters. The maximum Gasteiger partial charge on any atom is 0.238 e. The van der Waals surface area contributed by atoms with Crippen LogP contribution in [0, 0.1) is 23.3 Å². The Morgan fingerprint density at radius 2 is 1.03 bits per heavy atom. The van der Waals surface area contributed by atoms with Crippen LogP contribution in [0.4, 0.5) is 46.5 Å². The van der Waals surface area contributed by atoms with E-state index in [-0.39, 0.29) is 62.7 Å². The first-order valence-corrected chi connectivity index (χ1v) is 19.9.